The van der Waals surface area contributed by atoms with Gasteiger partial charge in [-0.05, 0) is 70.6 Å². The molecule has 0 radical (unpaired) electrons. The number of piperidine rings is 1. The normalized spacial score (nSPS) is 18.7. The Morgan fingerprint density at radius 2 is 1.33 bits per heavy atom. The predicted molar refractivity (Wildman–Crippen MR) is 132 cm³/mol. The van der Waals surface area contributed by atoms with Crippen LogP contribution in [0.3, 0.4) is 0 Å². The van der Waals surface area contributed by atoms with Crippen molar-refractivity contribution in [3.8, 4) is 11.1 Å². The molecule has 4 nitrogen and oxygen atoms in total. The predicted octanol–water partition coefficient (Wildman–Crippen LogP) is 5.55. The Balaban J connectivity index is 1.40. The molecule has 3 heterocycles. The van der Waals surface area contributed by atoms with Gasteiger partial charge in [-0.25, -0.2) is 9.13 Å². The summed E-state index contributed by atoms with van der Waals surface area (Å²) in [5, 5.41) is 2.26. The smallest absolute Gasteiger partial charge is 0.173 e. The molecular formula is C29H39N3O+2. The molecule has 174 valence electrons. The van der Waals surface area contributed by atoms with Gasteiger partial charge in [-0.1, -0.05) is 24.3 Å². The van der Waals surface area contributed by atoms with Crippen molar-refractivity contribution in [3.63, 3.8) is 0 Å². The Kier molecular flexibility index (Phi) is 6.69. The van der Waals surface area contributed by atoms with Gasteiger partial charge in [0.05, 0.1) is 0 Å². The third-order valence-corrected chi connectivity index (χ3v) is 6.96. The number of benzene rings is 1. The Morgan fingerprint density at radius 3 is 1.88 bits per heavy atom. The van der Waals surface area contributed by atoms with Gasteiger partial charge in [-0.15, -0.1) is 0 Å². The van der Waals surface area contributed by atoms with Gasteiger partial charge in [-0.2, -0.15) is 5.06 Å². The highest BCUT2D eigenvalue weighted by molar-refractivity contribution is 5.60. The van der Waals surface area contributed by atoms with Crippen LogP contribution in [0.1, 0.15) is 71.1 Å². The Morgan fingerprint density at radius 1 is 0.818 bits per heavy atom. The number of nitrogens with zero attached hydrogens (tertiary/aromatic N) is 3. The van der Waals surface area contributed by atoms with E-state index in [0.29, 0.717) is 0 Å². The molecule has 0 saturated carbocycles. The van der Waals surface area contributed by atoms with Crippen LogP contribution in [0.4, 0.5) is 0 Å². The number of aromatic nitrogens is 2. The summed E-state index contributed by atoms with van der Waals surface area (Å²) in [6.45, 7) is 12.2. The second kappa shape index (κ2) is 9.36. The van der Waals surface area contributed by atoms with Crippen LogP contribution in [0.15, 0.2) is 73.3 Å². The zero-order valence-corrected chi connectivity index (χ0v) is 21.1. The molecule has 2 aromatic heterocycles. The largest absolute Gasteiger partial charge is 0.290 e. The third-order valence-electron chi connectivity index (χ3n) is 6.96. The van der Waals surface area contributed by atoms with Crippen LogP contribution in [0.2, 0.25) is 0 Å². The average molecular weight is 446 g/mol. The summed E-state index contributed by atoms with van der Waals surface area (Å²) < 4.78 is 4.27. The summed E-state index contributed by atoms with van der Waals surface area (Å²) in [6.07, 6.45) is 12.1. The fourth-order valence-electron chi connectivity index (χ4n) is 5.03. The SMILES string of the molecule is CC(ON1C(C)(C)CCCC1(C)C)c1ccc(C[n+]2ccc(-c3cc[n+](C)cc3)cc2)cc1. The van der Waals surface area contributed by atoms with E-state index in [1.165, 1.54) is 41.5 Å². The van der Waals surface area contributed by atoms with E-state index >= 15 is 0 Å². The van der Waals surface area contributed by atoms with Crippen LogP contribution in [-0.2, 0) is 18.4 Å². The maximum atomic E-state index is 6.56. The number of hydroxylamine groups is 2. The fourth-order valence-corrected chi connectivity index (χ4v) is 5.03. The number of rotatable bonds is 6. The monoisotopic (exact) mass is 445 g/mol. The van der Waals surface area contributed by atoms with E-state index in [0.717, 1.165) is 6.54 Å². The molecule has 4 heteroatoms. The summed E-state index contributed by atoms with van der Waals surface area (Å²) in [4.78, 5) is 6.56. The Bertz CT molecular complexity index is 1040. The lowest BCUT2D eigenvalue weighted by molar-refractivity contribution is -0.688. The fraction of sp³-hybridized carbons (Fsp3) is 0.448. The van der Waals surface area contributed by atoms with Crippen molar-refractivity contribution >= 4 is 0 Å². The van der Waals surface area contributed by atoms with Crippen LogP contribution < -0.4 is 9.13 Å². The summed E-state index contributed by atoms with van der Waals surface area (Å²) in [7, 11) is 2.04. The number of pyridine rings is 2. The molecule has 0 bridgehead atoms. The van der Waals surface area contributed by atoms with E-state index in [4.69, 9.17) is 4.84 Å². The molecule has 1 aliphatic heterocycles. The molecular weight excluding hydrogens is 406 g/mol. The molecule has 1 aromatic carbocycles. The van der Waals surface area contributed by atoms with Crippen molar-refractivity contribution in [2.75, 3.05) is 0 Å². The van der Waals surface area contributed by atoms with E-state index in [9.17, 15) is 0 Å². The Hall–Kier alpha value is -2.56. The molecule has 1 atom stereocenters. The Labute approximate surface area is 199 Å². The maximum Gasteiger partial charge on any atom is 0.173 e. The average Bonchev–Trinajstić information content (AvgIpc) is 2.78. The highest BCUT2D eigenvalue weighted by Gasteiger charge is 2.43. The zero-order chi connectivity index (χ0) is 23.6. The van der Waals surface area contributed by atoms with Crippen LogP contribution in [-0.4, -0.2) is 16.1 Å². The number of hydrogen-bond acceptors (Lipinski definition) is 2. The minimum Gasteiger partial charge on any atom is -0.290 e. The van der Waals surface area contributed by atoms with Crippen molar-refractivity contribution in [1.29, 1.82) is 0 Å². The van der Waals surface area contributed by atoms with E-state index in [-0.39, 0.29) is 17.2 Å². The van der Waals surface area contributed by atoms with Crippen molar-refractivity contribution in [3.05, 3.63) is 84.4 Å². The zero-order valence-electron chi connectivity index (χ0n) is 21.1. The van der Waals surface area contributed by atoms with E-state index in [2.05, 4.69) is 122 Å². The highest BCUT2D eigenvalue weighted by Crippen LogP contribution is 2.40. The van der Waals surface area contributed by atoms with Crippen molar-refractivity contribution in [2.24, 2.45) is 7.05 Å². The van der Waals surface area contributed by atoms with E-state index in [1.54, 1.807) is 0 Å². The van der Waals surface area contributed by atoms with Crippen molar-refractivity contribution < 1.29 is 14.0 Å². The number of hydrogen-bond donors (Lipinski definition) is 0. The third kappa shape index (κ3) is 5.51. The second-order valence-corrected chi connectivity index (χ2v) is 10.8. The topological polar surface area (TPSA) is 20.2 Å². The van der Waals surface area contributed by atoms with Gasteiger partial charge in [0, 0.05) is 40.9 Å². The number of aryl methyl sites for hydroxylation is 1. The van der Waals surface area contributed by atoms with Gasteiger partial charge in [0.1, 0.15) is 13.2 Å². The minimum absolute atomic E-state index is 0.0234. The molecule has 1 fully saturated rings. The first-order valence-electron chi connectivity index (χ1n) is 12.1. The lowest BCUT2D eigenvalue weighted by Crippen LogP contribution is -2.58. The molecule has 1 saturated heterocycles. The van der Waals surface area contributed by atoms with Crippen LogP contribution in [0, 0.1) is 0 Å². The first-order chi connectivity index (χ1) is 15.6. The molecule has 0 amide bonds. The highest BCUT2D eigenvalue weighted by atomic mass is 16.7. The lowest BCUT2D eigenvalue weighted by Gasteiger charge is -2.52. The van der Waals surface area contributed by atoms with Gasteiger partial charge >= 0.3 is 0 Å². The lowest BCUT2D eigenvalue weighted by atomic mass is 9.82. The van der Waals surface area contributed by atoms with Crippen LogP contribution >= 0.6 is 0 Å². The van der Waals surface area contributed by atoms with Gasteiger partial charge in [0.2, 0.25) is 0 Å². The first-order valence-corrected chi connectivity index (χ1v) is 12.1. The molecule has 0 aliphatic carbocycles. The summed E-state index contributed by atoms with van der Waals surface area (Å²) in [5.74, 6) is 0. The van der Waals surface area contributed by atoms with Gasteiger partial charge < -0.3 is 0 Å². The van der Waals surface area contributed by atoms with Gasteiger partial charge in [-0.3, -0.25) is 4.84 Å². The molecule has 1 unspecified atom stereocenters. The molecule has 33 heavy (non-hydrogen) atoms. The molecule has 0 N–H and O–H groups in total. The van der Waals surface area contributed by atoms with Crippen LogP contribution in [0.5, 0.6) is 0 Å². The van der Waals surface area contributed by atoms with Crippen molar-refractivity contribution in [2.45, 2.75) is 77.6 Å². The van der Waals surface area contributed by atoms with E-state index in [1.807, 2.05) is 7.05 Å². The molecule has 1 aliphatic rings. The van der Waals surface area contributed by atoms with E-state index < -0.39 is 0 Å². The maximum absolute atomic E-state index is 6.56. The van der Waals surface area contributed by atoms with Crippen LogP contribution in [0.25, 0.3) is 11.1 Å². The summed E-state index contributed by atoms with van der Waals surface area (Å²) >= 11 is 0. The quantitative estimate of drug-likeness (QED) is 0.464. The molecule has 4 rings (SSSR count). The molecule has 3 aromatic rings. The summed E-state index contributed by atoms with van der Waals surface area (Å²) in [5.41, 5.74) is 5.07. The van der Waals surface area contributed by atoms with Gasteiger partial charge in [0.15, 0.2) is 31.3 Å². The van der Waals surface area contributed by atoms with Crippen molar-refractivity contribution in [1.82, 2.24) is 5.06 Å². The standard InChI is InChI=1S/C29H39N3O/c1-23(33-32-28(2,3)16-7-17-29(32,4)5)25-10-8-24(9-11-25)22-31-20-14-27(15-21-31)26-12-18-30(6)19-13-26/h8-15,18-21,23H,7,16-17,22H2,1-6H3/q+2. The summed E-state index contributed by atoms with van der Waals surface area (Å²) in [6, 6.07) is 17.5. The second-order valence-electron chi connectivity index (χ2n) is 10.8. The molecule has 0 spiro atoms. The first kappa shape index (κ1) is 23.6. The van der Waals surface area contributed by atoms with Gasteiger partial charge in [0.25, 0.3) is 0 Å². The minimum atomic E-state index is 0.0234.